The standard InChI is InChI=1S/C7H15S2/c1-3-8-6-5-7-9-4-2/h1,3-7H2,2H3. The molecule has 0 nitrogen and oxygen atoms in total. The van der Waals surface area contributed by atoms with Crippen molar-refractivity contribution in [1.29, 1.82) is 0 Å². The Morgan fingerprint density at radius 3 is 2.44 bits per heavy atom. The summed E-state index contributed by atoms with van der Waals surface area (Å²) in [5.41, 5.74) is 0. The van der Waals surface area contributed by atoms with E-state index in [9.17, 15) is 0 Å². The Morgan fingerprint density at radius 1 is 1.22 bits per heavy atom. The summed E-state index contributed by atoms with van der Waals surface area (Å²) in [6.45, 7) is 5.97. The van der Waals surface area contributed by atoms with E-state index >= 15 is 0 Å². The number of hydrogen-bond acceptors (Lipinski definition) is 2. The minimum Gasteiger partial charge on any atom is -0.162 e. The normalized spacial score (nSPS) is 10.0. The van der Waals surface area contributed by atoms with Crippen LogP contribution in [-0.2, 0) is 0 Å². The van der Waals surface area contributed by atoms with E-state index < -0.39 is 0 Å². The Balaban J connectivity index is 2.60. The second kappa shape index (κ2) is 8.70. The Bertz CT molecular complexity index is 40.2. The van der Waals surface area contributed by atoms with Crippen molar-refractivity contribution < 1.29 is 0 Å². The monoisotopic (exact) mass is 163 g/mol. The van der Waals surface area contributed by atoms with E-state index in [4.69, 9.17) is 0 Å². The molecule has 0 unspecified atom stereocenters. The second-order valence-electron chi connectivity index (χ2n) is 1.66. The minimum absolute atomic E-state index is 1.02. The van der Waals surface area contributed by atoms with Crippen molar-refractivity contribution in [3.63, 3.8) is 0 Å². The molecule has 0 aliphatic rings. The van der Waals surface area contributed by atoms with E-state index in [0.717, 1.165) is 5.75 Å². The summed E-state index contributed by atoms with van der Waals surface area (Å²) in [6.07, 6.45) is 1.35. The Labute approximate surface area is 67.2 Å². The maximum Gasteiger partial charge on any atom is -0.00597 e. The van der Waals surface area contributed by atoms with Gasteiger partial charge in [-0.1, -0.05) is 6.92 Å². The van der Waals surface area contributed by atoms with Gasteiger partial charge in [0.05, 0.1) is 0 Å². The highest BCUT2D eigenvalue weighted by atomic mass is 32.2. The third-order valence-electron chi connectivity index (χ3n) is 0.926. The van der Waals surface area contributed by atoms with Gasteiger partial charge in [-0.3, -0.25) is 0 Å². The van der Waals surface area contributed by atoms with Crippen molar-refractivity contribution in [3.8, 4) is 0 Å². The van der Waals surface area contributed by atoms with Crippen molar-refractivity contribution in [2.24, 2.45) is 0 Å². The van der Waals surface area contributed by atoms with Crippen LogP contribution in [0.5, 0.6) is 0 Å². The van der Waals surface area contributed by atoms with Gasteiger partial charge in [-0.25, -0.2) is 0 Å². The third kappa shape index (κ3) is 8.70. The zero-order valence-corrected chi connectivity index (χ0v) is 7.69. The van der Waals surface area contributed by atoms with Gasteiger partial charge in [0.2, 0.25) is 0 Å². The van der Waals surface area contributed by atoms with Crippen molar-refractivity contribution in [2.75, 3.05) is 23.0 Å². The zero-order valence-electron chi connectivity index (χ0n) is 6.06. The van der Waals surface area contributed by atoms with Crippen LogP contribution in [0.4, 0.5) is 0 Å². The van der Waals surface area contributed by atoms with Gasteiger partial charge in [0.15, 0.2) is 0 Å². The van der Waals surface area contributed by atoms with Crippen molar-refractivity contribution in [2.45, 2.75) is 13.3 Å². The zero-order chi connectivity index (χ0) is 6.95. The van der Waals surface area contributed by atoms with Crippen LogP contribution in [0.15, 0.2) is 0 Å². The average Bonchev–Trinajstić information content (AvgIpc) is 1.89. The summed E-state index contributed by atoms with van der Waals surface area (Å²) < 4.78 is 0. The summed E-state index contributed by atoms with van der Waals surface area (Å²) in [6, 6.07) is 0. The number of rotatable bonds is 6. The molecule has 0 rings (SSSR count). The summed E-state index contributed by atoms with van der Waals surface area (Å²) in [5, 5.41) is 0. The first-order valence-electron chi connectivity index (χ1n) is 3.36. The fourth-order valence-electron chi connectivity index (χ4n) is 0.509. The summed E-state index contributed by atoms with van der Waals surface area (Å²) in [5.74, 6) is 4.89. The Kier molecular flexibility index (Phi) is 9.38. The van der Waals surface area contributed by atoms with Gasteiger partial charge < -0.3 is 0 Å². The molecule has 0 aromatic carbocycles. The third-order valence-corrected chi connectivity index (χ3v) is 2.78. The van der Waals surface area contributed by atoms with Gasteiger partial charge >= 0.3 is 0 Å². The molecule has 0 aliphatic heterocycles. The van der Waals surface area contributed by atoms with Gasteiger partial charge in [0, 0.05) is 0 Å². The van der Waals surface area contributed by atoms with E-state index in [1.165, 1.54) is 23.7 Å². The number of thioether (sulfide) groups is 2. The molecule has 2 heteroatoms. The van der Waals surface area contributed by atoms with E-state index in [2.05, 4.69) is 13.8 Å². The SMILES string of the molecule is [CH2]CSCCCSCC. The number of hydrogen-bond donors (Lipinski definition) is 0. The van der Waals surface area contributed by atoms with Crippen LogP contribution >= 0.6 is 23.5 Å². The van der Waals surface area contributed by atoms with Gasteiger partial charge in [-0.2, -0.15) is 23.5 Å². The molecular formula is C7H15S2. The first-order valence-corrected chi connectivity index (χ1v) is 5.67. The fourth-order valence-corrected chi connectivity index (χ4v) is 1.88. The minimum atomic E-state index is 1.02. The van der Waals surface area contributed by atoms with Crippen LogP contribution < -0.4 is 0 Å². The second-order valence-corrected chi connectivity index (χ2v) is 4.28. The molecule has 0 N–H and O–H groups in total. The van der Waals surface area contributed by atoms with Crippen molar-refractivity contribution in [3.05, 3.63) is 6.92 Å². The molecule has 0 fully saturated rings. The van der Waals surface area contributed by atoms with E-state index in [0.29, 0.717) is 0 Å². The molecule has 0 atom stereocenters. The lowest BCUT2D eigenvalue weighted by molar-refractivity contribution is 1.12. The van der Waals surface area contributed by atoms with Gasteiger partial charge in [0.25, 0.3) is 0 Å². The first kappa shape index (κ1) is 9.70. The molecule has 0 amide bonds. The summed E-state index contributed by atoms with van der Waals surface area (Å²) in [7, 11) is 0. The van der Waals surface area contributed by atoms with E-state index in [-0.39, 0.29) is 0 Å². The van der Waals surface area contributed by atoms with Crippen molar-refractivity contribution >= 4 is 23.5 Å². The molecule has 9 heavy (non-hydrogen) atoms. The Morgan fingerprint density at radius 2 is 1.89 bits per heavy atom. The lowest BCUT2D eigenvalue weighted by Crippen LogP contribution is -1.84. The lowest BCUT2D eigenvalue weighted by atomic mass is 10.6. The summed E-state index contributed by atoms with van der Waals surface area (Å²) in [4.78, 5) is 0. The molecule has 0 aromatic heterocycles. The average molecular weight is 163 g/mol. The van der Waals surface area contributed by atoms with Crippen LogP contribution in [0, 0.1) is 6.92 Å². The molecule has 0 saturated carbocycles. The van der Waals surface area contributed by atoms with Gasteiger partial charge in [-0.15, -0.1) is 0 Å². The van der Waals surface area contributed by atoms with Crippen LogP contribution in [0.2, 0.25) is 0 Å². The Hall–Kier alpha value is 0.700. The molecular weight excluding hydrogens is 148 g/mol. The quantitative estimate of drug-likeness (QED) is 0.552. The van der Waals surface area contributed by atoms with Crippen molar-refractivity contribution in [1.82, 2.24) is 0 Å². The highest BCUT2D eigenvalue weighted by Gasteiger charge is 1.85. The van der Waals surface area contributed by atoms with Crippen LogP contribution in [-0.4, -0.2) is 23.0 Å². The fraction of sp³-hybridized carbons (Fsp3) is 0.857. The van der Waals surface area contributed by atoms with Crippen LogP contribution in [0.3, 0.4) is 0 Å². The smallest absolute Gasteiger partial charge is 0.00597 e. The summed E-state index contributed by atoms with van der Waals surface area (Å²) >= 11 is 3.96. The molecule has 0 heterocycles. The maximum atomic E-state index is 3.76. The predicted octanol–water partition coefficient (Wildman–Crippen LogP) is 2.70. The maximum absolute atomic E-state index is 3.76. The van der Waals surface area contributed by atoms with E-state index in [1.807, 2.05) is 23.5 Å². The molecule has 55 valence electrons. The topological polar surface area (TPSA) is 0 Å². The lowest BCUT2D eigenvalue weighted by Gasteiger charge is -1.96. The van der Waals surface area contributed by atoms with Gasteiger partial charge in [-0.05, 0) is 36.4 Å². The molecule has 1 radical (unpaired) electrons. The van der Waals surface area contributed by atoms with Crippen LogP contribution in [0.1, 0.15) is 13.3 Å². The molecule has 0 aromatic rings. The highest BCUT2D eigenvalue weighted by Crippen LogP contribution is 2.06. The highest BCUT2D eigenvalue weighted by molar-refractivity contribution is 8.00. The predicted molar refractivity (Wildman–Crippen MR) is 50.3 cm³/mol. The molecule has 0 aliphatic carbocycles. The molecule has 0 bridgehead atoms. The molecule has 0 spiro atoms. The largest absolute Gasteiger partial charge is 0.162 e. The van der Waals surface area contributed by atoms with Gasteiger partial charge in [0.1, 0.15) is 0 Å². The van der Waals surface area contributed by atoms with Crippen LogP contribution in [0.25, 0.3) is 0 Å². The first-order chi connectivity index (χ1) is 4.41. The molecule has 0 saturated heterocycles. The van der Waals surface area contributed by atoms with E-state index in [1.54, 1.807) is 0 Å².